The van der Waals surface area contributed by atoms with Crippen LogP contribution in [0.15, 0.2) is 29.5 Å². The summed E-state index contributed by atoms with van der Waals surface area (Å²) in [5.41, 5.74) is 1.39. The van der Waals surface area contributed by atoms with Crippen molar-refractivity contribution in [1.82, 2.24) is 10.3 Å². The number of amidine groups is 1. The fourth-order valence-electron chi connectivity index (χ4n) is 2.28. The molecule has 0 unspecified atom stereocenters. The van der Waals surface area contributed by atoms with Gasteiger partial charge in [-0.25, -0.2) is 0 Å². The lowest BCUT2D eigenvalue weighted by Gasteiger charge is -2.32. The quantitative estimate of drug-likeness (QED) is 0.884. The predicted molar refractivity (Wildman–Crippen MR) is 73.8 cm³/mol. The van der Waals surface area contributed by atoms with Crippen LogP contribution in [-0.4, -0.2) is 34.7 Å². The molecule has 1 N–H and O–H groups in total. The monoisotopic (exact) mass is 263 g/mol. The number of hydrogen-bond acceptors (Lipinski definition) is 4. The van der Waals surface area contributed by atoms with E-state index in [1.807, 2.05) is 24.0 Å². The van der Waals surface area contributed by atoms with Crippen molar-refractivity contribution in [2.45, 2.75) is 24.9 Å². The standard InChI is InChI=1S/C13H17N3OS/c1-2-11(8-14-5-1)9-15-12-16-13(10-18-12)3-6-17-7-4-13/h1-2,5,8H,3-4,6-7,9-10H2,(H,15,16). The summed E-state index contributed by atoms with van der Waals surface area (Å²) in [6.45, 7) is 2.43. The zero-order valence-corrected chi connectivity index (χ0v) is 11.1. The van der Waals surface area contributed by atoms with Crippen LogP contribution in [0.25, 0.3) is 0 Å². The zero-order valence-electron chi connectivity index (χ0n) is 10.3. The molecule has 0 aromatic carbocycles. The van der Waals surface area contributed by atoms with Crippen molar-refractivity contribution in [1.29, 1.82) is 0 Å². The highest BCUT2D eigenvalue weighted by Crippen LogP contribution is 2.31. The molecule has 3 heterocycles. The Morgan fingerprint density at radius 1 is 1.44 bits per heavy atom. The van der Waals surface area contributed by atoms with Crippen LogP contribution in [0.2, 0.25) is 0 Å². The minimum absolute atomic E-state index is 0.233. The van der Waals surface area contributed by atoms with Crippen LogP contribution in [0.3, 0.4) is 0 Å². The highest BCUT2D eigenvalue weighted by atomic mass is 32.2. The van der Waals surface area contributed by atoms with Gasteiger partial charge in [-0.05, 0) is 24.5 Å². The summed E-state index contributed by atoms with van der Waals surface area (Å²) in [7, 11) is 0. The van der Waals surface area contributed by atoms with Crippen molar-refractivity contribution in [3.8, 4) is 0 Å². The van der Waals surface area contributed by atoms with Gasteiger partial charge in [0.2, 0.25) is 0 Å². The summed E-state index contributed by atoms with van der Waals surface area (Å²) >= 11 is 1.83. The molecular weight excluding hydrogens is 246 g/mol. The molecule has 0 amide bonds. The number of nitrogens with one attached hydrogen (secondary N) is 1. The Morgan fingerprint density at radius 3 is 3.11 bits per heavy atom. The summed E-state index contributed by atoms with van der Waals surface area (Å²) in [4.78, 5) is 8.73. The average Bonchev–Trinajstić information content (AvgIpc) is 2.82. The summed E-state index contributed by atoms with van der Waals surface area (Å²) in [6.07, 6.45) is 5.84. The van der Waals surface area contributed by atoms with Gasteiger partial charge in [0.15, 0.2) is 5.17 Å². The molecule has 0 atom stereocenters. The third-order valence-corrected chi connectivity index (χ3v) is 4.64. The first kappa shape index (κ1) is 12.0. The molecular formula is C13H17N3OS. The lowest BCUT2D eigenvalue weighted by molar-refractivity contribution is 0.0555. The molecule has 0 bridgehead atoms. The van der Waals surface area contributed by atoms with E-state index in [1.165, 1.54) is 0 Å². The molecule has 2 aliphatic heterocycles. The van der Waals surface area contributed by atoms with Crippen LogP contribution in [0.4, 0.5) is 0 Å². The average molecular weight is 263 g/mol. The fraction of sp³-hybridized carbons (Fsp3) is 0.538. The normalized spacial score (nSPS) is 24.3. The van der Waals surface area contributed by atoms with Crippen LogP contribution in [0.1, 0.15) is 18.4 Å². The van der Waals surface area contributed by atoms with E-state index in [2.05, 4.69) is 21.4 Å². The van der Waals surface area contributed by atoms with E-state index < -0.39 is 0 Å². The van der Waals surface area contributed by atoms with E-state index in [0.29, 0.717) is 6.54 Å². The Kier molecular flexibility index (Phi) is 3.52. The van der Waals surface area contributed by atoms with Crippen LogP contribution in [-0.2, 0) is 11.3 Å². The van der Waals surface area contributed by atoms with E-state index in [4.69, 9.17) is 4.74 Å². The lowest BCUT2D eigenvalue weighted by Crippen LogP contribution is -2.48. The topological polar surface area (TPSA) is 46.5 Å². The number of thioether (sulfide) groups is 1. The highest BCUT2D eigenvalue weighted by molar-refractivity contribution is 8.14. The van der Waals surface area contributed by atoms with Crippen LogP contribution < -0.4 is 5.32 Å². The molecule has 0 saturated carbocycles. The van der Waals surface area contributed by atoms with Gasteiger partial charge in [-0.15, -0.1) is 0 Å². The first-order valence-corrected chi connectivity index (χ1v) is 7.27. The van der Waals surface area contributed by atoms with Gasteiger partial charge in [0, 0.05) is 31.4 Å². The molecule has 2 saturated heterocycles. The zero-order chi connectivity index (χ0) is 12.3. The van der Waals surface area contributed by atoms with Gasteiger partial charge in [0.25, 0.3) is 0 Å². The Labute approximate surface area is 111 Å². The van der Waals surface area contributed by atoms with Crippen molar-refractivity contribution in [3.05, 3.63) is 30.1 Å². The van der Waals surface area contributed by atoms with Gasteiger partial charge in [0.05, 0.1) is 12.1 Å². The minimum Gasteiger partial charge on any atom is -0.381 e. The van der Waals surface area contributed by atoms with Gasteiger partial charge in [0.1, 0.15) is 0 Å². The van der Waals surface area contributed by atoms with Crippen molar-refractivity contribution in [3.63, 3.8) is 0 Å². The first-order chi connectivity index (χ1) is 8.86. The second-order valence-electron chi connectivity index (χ2n) is 4.79. The predicted octanol–water partition coefficient (Wildman–Crippen LogP) is 1.82. The minimum atomic E-state index is 0.233. The summed E-state index contributed by atoms with van der Waals surface area (Å²) < 4.78 is 5.42. The van der Waals surface area contributed by atoms with Crippen molar-refractivity contribution in [2.24, 2.45) is 4.99 Å². The number of pyridine rings is 1. The summed E-state index contributed by atoms with van der Waals surface area (Å²) in [5, 5.41) is 4.66. The molecule has 1 aromatic heterocycles. The van der Waals surface area contributed by atoms with Gasteiger partial charge >= 0.3 is 0 Å². The Hall–Kier alpha value is -1.07. The Balaban J connectivity index is 1.61. The highest BCUT2D eigenvalue weighted by Gasteiger charge is 2.38. The van der Waals surface area contributed by atoms with E-state index in [1.54, 1.807) is 6.20 Å². The molecule has 1 aromatic rings. The van der Waals surface area contributed by atoms with Gasteiger partial charge in [-0.2, -0.15) is 0 Å². The SMILES string of the molecule is c1cncc(CN=C2NC3(CCOCC3)CS2)c1. The van der Waals surface area contributed by atoms with Crippen LogP contribution >= 0.6 is 11.8 Å². The number of ether oxygens (including phenoxy) is 1. The first-order valence-electron chi connectivity index (χ1n) is 6.28. The summed E-state index contributed by atoms with van der Waals surface area (Å²) in [5.74, 6) is 1.11. The smallest absolute Gasteiger partial charge is 0.157 e. The fourth-order valence-corrected chi connectivity index (χ4v) is 3.50. The van der Waals surface area contributed by atoms with Gasteiger partial charge in [-0.3, -0.25) is 9.98 Å². The van der Waals surface area contributed by atoms with E-state index in [0.717, 1.165) is 42.5 Å². The van der Waals surface area contributed by atoms with Gasteiger partial charge in [-0.1, -0.05) is 17.8 Å². The number of rotatable bonds is 2. The molecule has 2 aliphatic rings. The van der Waals surface area contributed by atoms with E-state index >= 15 is 0 Å². The van der Waals surface area contributed by atoms with Crippen LogP contribution in [0, 0.1) is 0 Å². The van der Waals surface area contributed by atoms with Crippen molar-refractivity contribution < 1.29 is 4.74 Å². The second kappa shape index (κ2) is 5.28. The number of hydrogen-bond donors (Lipinski definition) is 1. The van der Waals surface area contributed by atoms with E-state index in [-0.39, 0.29) is 5.54 Å². The third kappa shape index (κ3) is 2.67. The lowest BCUT2D eigenvalue weighted by atomic mass is 9.93. The molecule has 4 nitrogen and oxygen atoms in total. The molecule has 18 heavy (non-hydrogen) atoms. The third-order valence-electron chi connectivity index (χ3n) is 3.44. The molecule has 5 heteroatoms. The van der Waals surface area contributed by atoms with Crippen LogP contribution in [0.5, 0.6) is 0 Å². The molecule has 0 aliphatic carbocycles. The molecule has 96 valence electrons. The Bertz CT molecular complexity index is 429. The maximum atomic E-state index is 5.42. The number of nitrogens with zero attached hydrogens (tertiary/aromatic N) is 2. The maximum absolute atomic E-state index is 5.42. The maximum Gasteiger partial charge on any atom is 0.157 e. The second-order valence-corrected chi connectivity index (χ2v) is 5.75. The number of aromatic nitrogens is 1. The molecule has 2 fully saturated rings. The largest absolute Gasteiger partial charge is 0.381 e. The van der Waals surface area contributed by atoms with Gasteiger partial charge < -0.3 is 10.1 Å². The summed E-state index contributed by atoms with van der Waals surface area (Å²) in [6, 6.07) is 4.01. The Morgan fingerprint density at radius 2 is 2.33 bits per heavy atom. The van der Waals surface area contributed by atoms with Crippen molar-refractivity contribution in [2.75, 3.05) is 19.0 Å². The van der Waals surface area contributed by atoms with Crippen molar-refractivity contribution >= 4 is 16.9 Å². The molecule has 1 spiro atoms. The number of aliphatic imine (C=N–C) groups is 1. The van der Waals surface area contributed by atoms with E-state index in [9.17, 15) is 0 Å². The molecule has 3 rings (SSSR count). The molecule has 0 radical (unpaired) electrons.